The highest BCUT2D eigenvalue weighted by Crippen LogP contribution is 2.31. The fraction of sp³-hybridized carbons (Fsp3) is 0.625. The van der Waals surface area contributed by atoms with Crippen LogP contribution < -0.4 is 15.8 Å². The molecule has 1 atom stereocenters. The summed E-state index contributed by atoms with van der Waals surface area (Å²) < 4.78 is 5.45. The van der Waals surface area contributed by atoms with Crippen molar-refractivity contribution < 1.29 is 4.74 Å². The molecule has 0 amide bonds. The van der Waals surface area contributed by atoms with E-state index in [1.165, 1.54) is 22.4 Å². The number of hydrogen-bond donors (Lipinski definition) is 2. The van der Waals surface area contributed by atoms with E-state index in [9.17, 15) is 0 Å². The summed E-state index contributed by atoms with van der Waals surface area (Å²) in [6.45, 7) is 12.4. The lowest BCUT2D eigenvalue weighted by Crippen LogP contribution is -2.27. The number of benzene rings is 1. The van der Waals surface area contributed by atoms with Gasteiger partial charge in [0, 0.05) is 12.2 Å². The van der Waals surface area contributed by atoms with E-state index in [0.717, 1.165) is 18.8 Å². The molecule has 0 radical (unpaired) electrons. The lowest BCUT2D eigenvalue weighted by molar-refractivity contribution is 0.407. The zero-order valence-corrected chi connectivity index (χ0v) is 13.1. The Labute approximate surface area is 117 Å². The van der Waals surface area contributed by atoms with Crippen molar-refractivity contribution in [1.82, 2.24) is 0 Å². The lowest BCUT2D eigenvalue weighted by Gasteiger charge is -2.22. The Hall–Kier alpha value is -1.22. The molecule has 108 valence electrons. The third-order valence-corrected chi connectivity index (χ3v) is 4.03. The molecule has 0 spiro atoms. The first-order chi connectivity index (χ1) is 8.92. The van der Waals surface area contributed by atoms with Gasteiger partial charge in [0.1, 0.15) is 5.75 Å². The maximum absolute atomic E-state index is 5.82. The van der Waals surface area contributed by atoms with E-state index in [2.05, 4.69) is 46.0 Å². The minimum Gasteiger partial charge on any atom is -0.496 e. The van der Waals surface area contributed by atoms with Crippen molar-refractivity contribution in [2.24, 2.45) is 17.6 Å². The van der Waals surface area contributed by atoms with E-state index in [-0.39, 0.29) is 0 Å². The number of aryl methyl sites for hydroxylation is 1. The van der Waals surface area contributed by atoms with Gasteiger partial charge in [-0.25, -0.2) is 0 Å². The smallest absolute Gasteiger partial charge is 0.125 e. The molecule has 0 fully saturated rings. The Kier molecular flexibility index (Phi) is 5.67. The van der Waals surface area contributed by atoms with Gasteiger partial charge >= 0.3 is 0 Å². The summed E-state index contributed by atoms with van der Waals surface area (Å²) in [6.07, 6.45) is 0. The van der Waals surface area contributed by atoms with Crippen molar-refractivity contribution in [3.63, 3.8) is 0 Å². The van der Waals surface area contributed by atoms with Crippen LogP contribution in [0, 0.1) is 32.6 Å². The van der Waals surface area contributed by atoms with Gasteiger partial charge in [0.2, 0.25) is 0 Å². The fourth-order valence-electron chi connectivity index (χ4n) is 2.39. The molecule has 1 rings (SSSR count). The highest BCUT2D eigenvalue weighted by molar-refractivity contribution is 5.61. The Morgan fingerprint density at radius 2 is 1.84 bits per heavy atom. The minimum absolute atomic E-state index is 0.502. The number of hydrogen-bond acceptors (Lipinski definition) is 3. The molecule has 3 nitrogen and oxygen atoms in total. The number of nitrogens with two attached hydrogens (primary N) is 1. The van der Waals surface area contributed by atoms with Gasteiger partial charge in [-0.3, -0.25) is 0 Å². The van der Waals surface area contributed by atoms with Crippen LogP contribution in [-0.4, -0.2) is 20.2 Å². The maximum atomic E-state index is 5.82. The first-order valence-electron chi connectivity index (χ1n) is 7.01. The summed E-state index contributed by atoms with van der Waals surface area (Å²) >= 11 is 0. The summed E-state index contributed by atoms with van der Waals surface area (Å²) in [7, 11) is 1.73. The fourth-order valence-corrected chi connectivity index (χ4v) is 2.39. The van der Waals surface area contributed by atoms with Crippen molar-refractivity contribution in [2.45, 2.75) is 34.6 Å². The van der Waals surface area contributed by atoms with Crippen molar-refractivity contribution in [2.75, 3.05) is 25.5 Å². The summed E-state index contributed by atoms with van der Waals surface area (Å²) in [6, 6.07) is 2.16. The van der Waals surface area contributed by atoms with Gasteiger partial charge in [-0.1, -0.05) is 13.8 Å². The van der Waals surface area contributed by atoms with Crippen molar-refractivity contribution in [3.8, 4) is 5.75 Å². The molecule has 0 saturated carbocycles. The molecule has 3 N–H and O–H groups in total. The predicted octanol–water partition coefficient (Wildman–Crippen LogP) is 3.26. The maximum Gasteiger partial charge on any atom is 0.125 e. The molecule has 0 aromatic heterocycles. The van der Waals surface area contributed by atoms with E-state index in [1.807, 2.05) is 0 Å². The number of ether oxygens (including phenoxy) is 1. The molecule has 0 aliphatic rings. The molecule has 0 bridgehead atoms. The van der Waals surface area contributed by atoms with Crippen LogP contribution in [0.4, 0.5) is 5.69 Å². The Morgan fingerprint density at radius 1 is 1.21 bits per heavy atom. The quantitative estimate of drug-likeness (QED) is 0.829. The first-order valence-corrected chi connectivity index (χ1v) is 7.01. The van der Waals surface area contributed by atoms with Gasteiger partial charge in [0.25, 0.3) is 0 Å². The van der Waals surface area contributed by atoms with Crippen LogP contribution in [0.25, 0.3) is 0 Å². The Morgan fingerprint density at radius 3 is 2.32 bits per heavy atom. The molecule has 3 heteroatoms. The van der Waals surface area contributed by atoms with Crippen LogP contribution in [0.1, 0.15) is 30.5 Å². The zero-order valence-electron chi connectivity index (χ0n) is 13.1. The van der Waals surface area contributed by atoms with Gasteiger partial charge in [0.15, 0.2) is 0 Å². The van der Waals surface area contributed by atoms with Crippen molar-refractivity contribution in [1.29, 1.82) is 0 Å². The second kappa shape index (κ2) is 6.80. The summed E-state index contributed by atoms with van der Waals surface area (Å²) in [5.41, 5.74) is 10.6. The third kappa shape index (κ3) is 3.63. The summed E-state index contributed by atoms with van der Waals surface area (Å²) in [4.78, 5) is 0. The number of nitrogens with one attached hydrogen (secondary N) is 1. The molecule has 0 aliphatic heterocycles. The highest BCUT2D eigenvalue weighted by atomic mass is 16.5. The van der Waals surface area contributed by atoms with Crippen LogP contribution >= 0.6 is 0 Å². The van der Waals surface area contributed by atoms with Crippen LogP contribution in [0.3, 0.4) is 0 Å². The molecule has 1 aromatic rings. The average Bonchev–Trinajstić information content (AvgIpc) is 2.36. The van der Waals surface area contributed by atoms with Gasteiger partial charge in [-0.05, 0) is 61.9 Å². The Bertz CT molecular complexity index is 427. The normalized spacial score (nSPS) is 12.6. The van der Waals surface area contributed by atoms with E-state index in [4.69, 9.17) is 10.5 Å². The largest absolute Gasteiger partial charge is 0.496 e. The zero-order chi connectivity index (χ0) is 14.6. The van der Waals surface area contributed by atoms with Crippen LogP contribution in [0.2, 0.25) is 0 Å². The highest BCUT2D eigenvalue weighted by Gasteiger charge is 2.14. The number of rotatable bonds is 6. The third-order valence-electron chi connectivity index (χ3n) is 4.03. The second-order valence-corrected chi connectivity index (χ2v) is 5.64. The van der Waals surface area contributed by atoms with Crippen LogP contribution in [0.15, 0.2) is 6.07 Å². The molecular formula is C16H28N2O. The van der Waals surface area contributed by atoms with Gasteiger partial charge in [-0.2, -0.15) is 0 Å². The molecule has 1 unspecified atom stereocenters. The molecular weight excluding hydrogens is 236 g/mol. The monoisotopic (exact) mass is 264 g/mol. The SMILES string of the molecule is COc1c(C)cc(NCC(CN)C(C)C)c(C)c1C. The van der Waals surface area contributed by atoms with E-state index >= 15 is 0 Å². The molecule has 0 aliphatic carbocycles. The molecule has 19 heavy (non-hydrogen) atoms. The van der Waals surface area contributed by atoms with Gasteiger partial charge < -0.3 is 15.8 Å². The number of methoxy groups -OCH3 is 1. The van der Waals surface area contributed by atoms with E-state index in [0.29, 0.717) is 11.8 Å². The van der Waals surface area contributed by atoms with Crippen molar-refractivity contribution >= 4 is 5.69 Å². The summed E-state index contributed by atoms with van der Waals surface area (Å²) in [5, 5.41) is 3.54. The van der Waals surface area contributed by atoms with Crippen LogP contribution in [0.5, 0.6) is 5.75 Å². The molecule has 0 saturated heterocycles. The van der Waals surface area contributed by atoms with Gasteiger partial charge in [0.05, 0.1) is 7.11 Å². The van der Waals surface area contributed by atoms with Gasteiger partial charge in [-0.15, -0.1) is 0 Å². The lowest BCUT2D eigenvalue weighted by atomic mass is 9.95. The summed E-state index contributed by atoms with van der Waals surface area (Å²) in [5.74, 6) is 2.09. The van der Waals surface area contributed by atoms with E-state index in [1.54, 1.807) is 7.11 Å². The standard InChI is InChI=1S/C16H28N2O/c1-10(2)14(8-17)9-18-15-7-11(3)16(19-6)13(5)12(15)4/h7,10,14,18H,8-9,17H2,1-6H3. The number of anilines is 1. The average molecular weight is 264 g/mol. The first kappa shape index (κ1) is 15.8. The molecule has 0 heterocycles. The minimum atomic E-state index is 0.502. The van der Waals surface area contributed by atoms with E-state index < -0.39 is 0 Å². The molecule has 1 aromatic carbocycles. The topological polar surface area (TPSA) is 47.3 Å². The predicted molar refractivity (Wildman–Crippen MR) is 83.1 cm³/mol. The van der Waals surface area contributed by atoms with Crippen molar-refractivity contribution in [3.05, 3.63) is 22.8 Å². The van der Waals surface area contributed by atoms with Crippen LogP contribution in [-0.2, 0) is 0 Å². The Balaban J connectivity index is 2.91. The second-order valence-electron chi connectivity index (χ2n) is 5.64.